The van der Waals surface area contributed by atoms with Gasteiger partial charge in [-0.1, -0.05) is 12.1 Å². The fraction of sp³-hybridized carbons (Fsp3) is 0.188. The number of amides is 1. The number of aryl methyl sites for hydroxylation is 2. The van der Waals surface area contributed by atoms with E-state index in [1.54, 1.807) is 12.1 Å². The summed E-state index contributed by atoms with van der Waals surface area (Å²) < 4.78 is 18.6. The summed E-state index contributed by atoms with van der Waals surface area (Å²) in [7, 11) is 0. The van der Waals surface area contributed by atoms with Gasteiger partial charge >= 0.3 is 0 Å². The van der Waals surface area contributed by atoms with Crippen LogP contribution in [0.5, 0.6) is 5.75 Å². The highest BCUT2D eigenvalue weighted by molar-refractivity contribution is 5.75. The highest BCUT2D eigenvalue weighted by Gasteiger charge is 2.07. The molecular formula is C16H16FNO2. The Bertz CT molecular complexity index is 653. The van der Waals surface area contributed by atoms with E-state index in [0.717, 1.165) is 22.3 Å². The van der Waals surface area contributed by atoms with Crippen molar-refractivity contribution in [3.63, 3.8) is 0 Å². The average Bonchev–Trinajstić information content (AvgIpc) is 2.40. The Morgan fingerprint density at radius 2 is 1.90 bits per heavy atom. The lowest BCUT2D eigenvalue weighted by Gasteiger charge is -2.11. The van der Waals surface area contributed by atoms with Crippen LogP contribution in [0.2, 0.25) is 0 Å². The van der Waals surface area contributed by atoms with Gasteiger partial charge in [-0.2, -0.15) is 0 Å². The zero-order chi connectivity index (χ0) is 14.7. The topological polar surface area (TPSA) is 52.3 Å². The van der Waals surface area contributed by atoms with Gasteiger partial charge in [0, 0.05) is 0 Å². The Kier molecular flexibility index (Phi) is 4.03. The Hall–Kier alpha value is -2.36. The molecule has 0 unspecified atom stereocenters. The molecule has 0 saturated heterocycles. The molecule has 0 aliphatic carbocycles. The molecule has 4 heteroatoms. The van der Waals surface area contributed by atoms with E-state index < -0.39 is 5.91 Å². The van der Waals surface area contributed by atoms with E-state index in [4.69, 9.17) is 10.5 Å². The first-order valence-electron chi connectivity index (χ1n) is 6.25. The number of carbonyl (C=O) groups excluding carboxylic acids is 1. The van der Waals surface area contributed by atoms with Crippen LogP contribution in [0.1, 0.15) is 11.1 Å². The number of benzene rings is 2. The lowest BCUT2D eigenvalue weighted by Crippen LogP contribution is -2.20. The molecule has 20 heavy (non-hydrogen) atoms. The minimum Gasteiger partial charge on any atom is -0.484 e. The lowest BCUT2D eigenvalue weighted by atomic mass is 9.98. The number of carbonyl (C=O) groups is 1. The van der Waals surface area contributed by atoms with Gasteiger partial charge in [0.05, 0.1) is 0 Å². The molecule has 0 aliphatic rings. The van der Waals surface area contributed by atoms with Crippen LogP contribution in [-0.2, 0) is 4.79 Å². The number of halogens is 1. The van der Waals surface area contributed by atoms with Gasteiger partial charge in [0.2, 0.25) is 0 Å². The number of hydrogen-bond donors (Lipinski definition) is 1. The monoisotopic (exact) mass is 273 g/mol. The summed E-state index contributed by atoms with van der Waals surface area (Å²) in [6.07, 6.45) is 0. The minimum absolute atomic E-state index is 0.154. The SMILES string of the molecule is Cc1cc(-c2cc(F)ccc2C)ccc1OCC(N)=O. The average molecular weight is 273 g/mol. The molecule has 3 nitrogen and oxygen atoms in total. The zero-order valence-corrected chi connectivity index (χ0v) is 11.4. The predicted molar refractivity (Wildman–Crippen MR) is 76.0 cm³/mol. The second kappa shape index (κ2) is 5.74. The second-order valence-electron chi connectivity index (χ2n) is 4.69. The van der Waals surface area contributed by atoms with Crippen LogP contribution in [0.25, 0.3) is 11.1 Å². The molecule has 2 N–H and O–H groups in total. The van der Waals surface area contributed by atoms with Crippen molar-refractivity contribution in [2.24, 2.45) is 5.73 Å². The molecule has 2 rings (SSSR count). The Balaban J connectivity index is 2.33. The zero-order valence-electron chi connectivity index (χ0n) is 11.4. The number of rotatable bonds is 4. The summed E-state index contributed by atoms with van der Waals surface area (Å²) in [5.74, 6) is -0.187. The van der Waals surface area contributed by atoms with Gasteiger partial charge in [0.1, 0.15) is 11.6 Å². The second-order valence-corrected chi connectivity index (χ2v) is 4.69. The van der Waals surface area contributed by atoms with Crippen molar-refractivity contribution in [2.45, 2.75) is 13.8 Å². The highest BCUT2D eigenvalue weighted by Crippen LogP contribution is 2.28. The summed E-state index contributed by atoms with van der Waals surface area (Å²) in [5, 5.41) is 0. The van der Waals surface area contributed by atoms with Crippen molar-refractivity contribution >= 4 is 5.91 Å². The number of primary amides is 1. The molecule has 0 heterocycles. The van der Waals surface area contributed by atoms with E-state index in [0.29, 0.717) is 5.75 Å². The van der Waals surface area contributed by atoms with E-state index in [2.05, 4.69) is 0 Å². The molecule has 1 amide bonds. The van der Waals surface area contributed by atoms with Crippen LogP contribution >= 0.6 is 0 Å². The molecule has 0 bridgehead atoms. The summed E-state index contributed by atoms with van der Waals surface area (Å²) in [6, 6.07) is 10.2. The van der Waals surface area contributed by atoms with E-state index in [1.165, 1.54) is 12.1 Å². The van der Waals surface area contributed by atoms with Gasteiger partial charge in [0.25, 0.3) is 5.91 Å². The maximum Gasteiger partial charge on any atom is 0.255 e. The van der Waals surface area contributed by atoms with Gasteiger partial charge in [-0.25, -0.2) is 4.39 Å². The summed E-state index contributed by atoms with van der Waals surface area (Å²) in [4.78, 5) is 10.7. The van der Waals surface area contributed by atoms with Crippen LogP contribution in [0.4, 0.5) is 4.39 Å². The van der Waals surface area contributed by atoms with Gasteiger partial charge < -0.3 is 10.5 Å². The van der Waals surface area contributed by atoms with Crippen LogP contribution in [0.3, 0.4) is 0 Å². The lowest BCUT2D eigenvalue weighted by molar-refractivity contribution is -0.119. The summed E-state index contributed by atoms with van der Waals surface area (Å²) in [5.41, 5.74) is 8.66. The summed E-state index contributed by atoms with van der Waals surface area (Å²) >= 11 is 0. The molecule has 104 valence electrons. The van der Waals surface area contributed by atoms with E-state index >= 15 is 0 Å². The molecule has 0 fully saturated rings. The van der Waals surface area contributed by atoms with Crippen molar-refractivity contribution < 1.29 is 13.9 Å². The molecule has 0 spiro atoms. The van der Waals surface area contributed by atoms with Gasteiger partial charge in [0.15, 0.2) is 6.61 Å². The Morgan fingerprint density at radius 1 is 1.15 bits per heavy atom. The van der Waals surface area contributed by atoms with Crippen LogP contribution < -0.4 is 10.5 Å². The molecule has 0 radical (unpaired) electrons. The van der Waals surface area contributed by atoms with Crippen LogP contribution in [-0.4, -0.2) is 12.5 Å². The highest BCUT2D eigenvalue weighted by atomic mass is 19.1. The van der Waals surface area contributed by atoms with Gasteiger partial charge in [-0.3, -0.25) is 4.79 Å². The minimum atomic E-state index is -0.519. The van der Waals surface area contributed by atoms with Crippen molar-refractivity contribution in [2.75, 3.05) is 6.61 Å². The quantitative estimate of drug-likeness (QED) is 0.931. The molecule has 0 aliphatic heterocycles. The Morgan fingerprint density at radius 3 is 2.55 bits per heavy atom. The first-order chi connectivity index (χ1) is 9.47. The molecule has 0 saturated carbocycles. The number of hydrogen-bond acceptors (Lipinski definition) is 2. The van der Waals surface area contributed by atoms with E-state index in [9.17, 15) is 9.18 Å². The normalized spacial score (nSPS) is 10.3. The maximum absolute atomic E-state index is 13.3. The third kappa shape index (κ3) is 3.15. The third-order valence-electron chi connectivity index (χ3n) is 3.06. The Labute approximate surface area is 117 Å². The molecular weight excluding hydrogens is 257 g/mol. The fourth-order valence-corrected chi connectivity index (χ4v) is 2.03. The molecule has 2 aromatic rings. The third-order valence-corrected chi connectivity index (χ3v) is 3.06. The van der Waals surface area contributed by atoms with E-state index in [1.807, 2.05) is 26.0 Å². The van der Waals surface area contributed by atoms with Crippen molar-refractivity contribution in [3.8, 4) is 16.9 Å². The fourth-order valence-electron chi connectivity index (χ4n) is 2.03. The van der Waals surface area contributed by atoms with Crippen molar-refractivity contribution in [1.29, 1.82) is 0 Å². The standard InChI is InChI=1S/C16H16FNO2/c1-10-3-5-13(17)8-14(10)12-4-6-15(11(2)7-12)20-9-16(18)19/h3-8H,9H2,1-2H3,(H2,18,19). The summed E-state index contributed by atoms with van der Waals surface area (Å²) in [6.45, 7) is 3.65. The maximum atomic E-state index is 13.3. The van der Waals surface area contributed by atoms with Crippen molar-refractivity contribution in [1.82, 2.24) is 0 Å². The smallest absolute Gasteiger partial charge is 0.255 e. The van der Waals surface area contributed by atoms with E-state index in [-0.39, 0.29) is 12.4 Å². The van der Waals surface area contributed by atoms with Crippen molar-refractivity contribution in [3.05, 3.63) is 53.3 Å². The predicted octanol–water partition coefficient (Wildman–Crippen LogP) is 2.97. The van der Waals surface area contributed by atoms with Gasteiger partial charge in [-0.15, -0.1) is 0 Å². The van der Waals surface area contributed by atoms with Crippen LogP contribution in [0, 0.1) is 19.7 Å². The van der Waals surface area contributed by atoms with Crippen LogP contribution in [0.15, 0.2) is 36.4 Å². The molecule has 0 atom stereocenters. The number of nitrogens with two attached hydrogens (primary N) is 1. The largest absolute Gasteiger partial charge is 0.484 e. The molecule has 0 aromatic heterocycles. The molecule has 2 aromatic carbocycles. The van der Waals surface area contributed by atoms with Gasteiger partial charge in [-0.05, 0) is 60.4 Å². The first kappa shape index (κ1) is 14.1. The first-order valence-corrected chi connectivity index (χ1v) is 6.25. The number of ether oxygens (including phenoxy) is 1.